The summed E-state index contributed by atoms with van der Waals surface area (Å²) in [7, 11) is 0. The van der Waals surface area contributed by atoms with Gasteiger partial charge in [0.1, 0.15) is 0 Å². The number of carbonyl (C=O) groups excluding carboxylic acids is 1. The van der Waals surface area contributed by atoms with Gasteiger partial charge in [0, 0.05) is 30.3 Å². The summed E-state index contributed by atoms with van der Waals surface area (Å²) in [5, 5.41) is 18.9. The maximum atomic E-state index is 12.5. The van der Waals surface area contributed by atoms with Crippen LogP contribution in [-0.4, -0.2) is 58.6 Å². The van der Waals surface area contributed by atoms with Crippen LogP contribution in [0.4, 0.5) is 0 Å². The number of piperidine rings is 3. The van der Waals surface area contributed by atoms with E-state index in [4.69, 9.17) is 10.2 Å². The molecule has 28 heavy (non-hydrogen) atoms. The van der Waals surface area contributed by atoms with Crippen LogP contribution >= 0.6 is 0 Å². The lowest BCUT2D eigenvalue weighted by Crippen LogP contribution is -2.57. The Hall–Kier alpha value is -2.67. The van der Waals surface area contributed by atoms with Crippen LogP contribution in [-0.2, 0) is 22.4 Å². The van der Waals surface area contributed by atoms with Gasteiger partial charge in [-0.25, -0.2) is 9.59 Å². The highest BCUT2D eigenvalue weighted by Crippen LogP contribution is 2.28. The third-order valence-electron chi connectivity index (χ3n) is 5.70. The van der Waals surface area contributed by atoms with Crippen molar-refractivity contribution < 1.29 is 24.6 Å². The monoisotopic (exact) mass is 386 g/mol. The second-order valence-electron chi connectivity index (χ2n) is 7.56. The van der Waals surface area contributed by atoms with E-state index in [9.17, 15) is 14.4 Å². The van der Waals surface area contributed by atoms with Gasteiger partial charge < -0.3 is 20.4 Å². The van der Waals surface area contributed by atoms with Crippen molar-refractivity contribution in [3.05, 3.63) is 47.0 Å². The van der Waals surface area contributed by atoms with Gasteiger partial charge in [-0.05, 0) is 74.4 Å². The fraction of sp³-hybridized carbons (Fsp3) is 0.476. The zero-order chi connectivity index (χ0) is 20.1. The summed E-state index contributed by atoms with van der Waals surface area (Å²) in [5.74, 6) is -1.70. The zero-order valence-electron chi connectivity index (χ0n) is 15.8. The Bertz CT molecular complexity index is 765. The lowest BCUT2D eigenvalue weighted by atomic mass is 9.84. The molecular weight excluding hydrogens is 360 g/mol. The van der Waals surface area contributed by atoms with Crippen LogP contribution < -0.4 is 5.32 Å². The molecule has 1 aromatic rings. The van der Waals surface area contributed by atoms with Crippen LogP contribution in [0, 0.1) is 5.92 Å². The zero-order valence-corrected chi connectivity index (χ0v) is 15.8. The molecule has 0 unspecified atom stereocenters. The van der Waals surface area contributed by atoms with Crippen LogP contribution in [0.2, 0.25) is 0 Å². The number of nitrogens with zero attached hydrogens (tertiary/aromatic N) is 1. The lowest BCUT2D eigenvalue weighted by Gasteiger charge is -2.44. The summed E-state index contributed by atoms with van der Waals surface area (Å²) in [6, 6.07) is 6.62. The van der Waals surface area contributed by atoms with Gasteiger partial charge in [0.2, 0.25) is 0 Å². The molecule has 3 heterocycles. The van der Waals surface area contributed by atoms with Crippen LogP contribution in [0.25, 0.3) is 0 Å². The molecule has 1 aromatic carbocycles. The minimum absolute atomic E-state index is 0.124. The van der Waals surface area contributed by atoms with Crippen molar-refractivity contribution in [1.82, 2.24) is 10.2 Å². The number of carbonyl (C=O) groups is 3. The molecule has 3 aliphatic heterocycles. The van der Waals surface area contributed by atoms with E-state index in [1.165, 1.54) is 49.9 Å². The standard InChI is InChI=1S/C17H22N2O.C4H4O4/c20-17(15-5-4-12-2-1-3-14(12)10-15)18-16-11-19-8-6-13(16)7-9-19;5-3(6)1-2-4(7)8/h4-5,10,13,16H,1-3,6-9,11H2,(H,18,20);1-2H,(H,5,6)(H,7,8)/b;2-1+/t16-;/m0./s1. The van der Waals surface area contributed by atoms with Gasteiger partial charge in [-0.2, -0.15) is 0 Å². The van der Waals surface area contributed by atoms with Gasteiger partial charge in [-0.15, -0.1) is 0 Å². The Balaban J connectivity index is 0.000000242. The summed E-state index contributed by atoms with van der Waals surface area (Å²) >= 11 is 0. The lowest BCUT2D eigenvalue weighted by molar-refractivity contribution is -0.134. The Morgan fingerprint density at radius 2 is 1.64 bits per heavy atom. The van der Waals surface area contributed by atoms with Gasteiger partial charge in [-0.3, -0.25) is 4.79 Å². The highest BCUT2D eigenvalue weighted by atomic mass is 16.4. The van der Waals surface area contributed by atoms with E-state index < -0.39 is 11.9 Å². The Labute approximate surface area is 164 Å². The summed E-state index contributed by atoms with van der Waals surface area (Å²) < 4.78 is 0. The number of hydrogen-bond donors (Lipinski definition) is 3. The molecule has 2 bridgehead atoms. The van der Waals surface area contributed by atoms with Crippen LogP contribution in [0.15, 0.2) is 30.4 Å². The van der Waals surface area contributed by atoms with Crippen molar-refractivity contribution in [2.24, 2.45) is 5.92 Å². The highest BCUT2D eigenvalue weighted by Gasteiger charge is 2.35. The number of amides is 1. The van der Waals surface area contributed by atoms with Gasteiger partial charge in [-0.1, -0.05) is 6.07 Å². The second-order valence-corrected chi connectivity index (χ2v) is 7.56. The van der Waals surface area contributed by atoms with E-state index in [0.717, 1.165) is 18.5 Å². The number of carboxylic acids is 2. The second kappa shape index (κ2) is 9.01. The number of hydrogen-bond acceptors (Lipinski definition) is 4. The topological polar surface area (TPSA) is 107 Å². The number of benzene rings is 1. The van der Waals surface area contributed by atoms with E-state index in [0.29, 0.717) is 24.1 Å². The average Bonchev–Trinajstić information content (AvgIpc) is 3.15. The molecule has 7 nitrogen and oxygen atoms in total. The van der Waals surface area contributed by atoms with Crippen molar-refractivity contribution in [2.75, 3.05) is 19.6 Å². The van der Waals surface area contributed by atoms with Crippen LogP contribution in [0.1, 0.15) is 40.7 Å². The number of aliphatic carboxylic acids is 2. The molecule has 5 rings (SSSR count). The van der Waals surface area contributed by atoms with E-state index >= 15 is 0 Å². The molecule has 3 fully saturated rings. The van der Waals surface area contributed by atoms with Crippen molar-refractivity contribution in [1.29, 1.82) is 0 Å². The van der Waals surface area contributed by atoms with Crippen molar-refractivity contribution in [3.63, 3.8) is 0 Å². The molecule has 3 N–H and O–H groups in total. The van der Waals surface area contributed by atoms with E-state index in [-0.39, 0.29) is 5.91 Å². The number of fused-ring (bicyclic) bond motifs is 4. The molecule has 0 saturated carbocycles. The molecule has 0 aromatic heterocycles. The SMILES string of the molecule is O=C(N[C@H]1CN2CCC1CC2)c1ccc2c(c1)CCC2.O=C(O)/C=C/C(=O)O. The summed E-state index contributed by atoms with van der Waals surface area (Å²) in [5.41, 5.74) is 3.66. The molecule has 150 valence electrons. The molecule has 0 radical (unpaired) electrons. The molecule has 0 spiro atoms. The molecule has 4 aliphatic rings. The quantitative estimate of drug-likeness (QED) is 0.680. The van der Waals surface area contributed by atoms with E-state index in [1.54, 1.807) is 0 Å². The average molecular weight is 386 g/mol. The summed E-state index contributed by atoms with van der Waals surface area (Å²) in [6.07, 6.45) is 7.15. The fourth-order valence-corrected chi connectivity index (χ4v) is 4.24. The van der Waals surface area contributed by atoms with Gasteiger partial charge in [0.05, 0.1) is 0 Å². The largest absolute Gasteiger partial charge is 0.478 e. The van der Waals surface area contributed by atoms with Crippen LogP contribution in [0.5, 0.6) is 0 Å². The van der Waals surface area contributed by atoms with Gasteiger partial charge in [0.25, 0.3) is 5.91 Å². The predicted octanol–water partition coefficient (Wildman–Crippen LogP) is 1.71. The Morgan fingerprint density at radius 1 is 1.00 bits per heavy atom. The number of carboxylic acid groups (broad SMARTS) is 2. The first kappa shape index (κ1) is 20.1. The van der Waals surface area contributed by atoms with Crippen molar-refractivity contribution >= 4 is 17.8 Å². The van der Waals surface area contributed by atoms with E-state index in [2.05, 4.69) is 22.3 Å². The van der Waals surface area contributed by atoms with E-state index in [1.807, 2.05) is 6.07 Å². The first-order chi connectivity index (χ1) is 13.4. The number of aryl methyl sites for hydroxylation is 2. The Kier molecular flexibility index (Phi) is 6.46. The van der Waals surface area contributed by atoms with Crippen molar-refractivity contribution in [3.8, 4) is 0 Å². The molecule has 7 heteroatoms. The summed E-state index contributed by atoms with van der Waals surface area (Å²) in [4.78, 5) is 34.0. The number of rotatable bonds is 4. The maximum absolute atomic E-state index is 12.5. The molecule has 1 atom stereocenters. The fourth-order valence-electron chi connectivity index (χ4n) is 4.24. The first-order valence-electron chi connectivity index (χ1n) is 9.71. The third kappa shape index (κ3) is 5.19. The van der Waals surface area contributed by atoms with Crippen molar-refractivity contribution in [2.45, 2.75) is 38.1 Å². The third-order valence-corrected chi connectivity index (χ3v) is 5.70. The first-order valence-corrected chi connectivity index (χ1v) is 9.71. The molecule has 3 saturated heterocycles. The highest BCUT2D eigenvalue weighted by molar-refractivity contribution is 5.94. The Morgan fingerprint density at radius 3 is 2.21 bits per heavy atom. The molecule has 1 aliphatic carbocycles. The normalized spacial score (nSPS) is 24.9. The minimum Gasteiger partial charge on any atom is -0.478 e. The smallest absolute Gasteiger partial charge is 0.328 e. The van der Waals surface area contributed by atoms with Gasteiger partial charge in [0.15, 0.2) is 0 Å². The predicted molar refractivity (Wildman–Crippen MR) is 103 cm³/mol. The summed E-state index contributed by atoms with van der Waals surface area (Å²) in [6.45, 7) is 3.48. The van der Waals surface area contributed by atoms with Crippen LogP contribution in [0.3, 0.4) is 0 Å². The maximum Gasteiger partial charge on any atom is 0.328 e. The molecule has 1 amide bonds. The molecular formula is C21H26N2O5. The minimum atomic E-state index is -1.26. The number of nitrogens with one attached hydrogen (secondary N) is 1. The van der Waals surface area contributed by atoms with Gasteiger partial charge >= 0.3 is 11.9 Å².